The third-order valence-electron chi connectivity index (χ3n) is 7.08. The summed E-state index contributed by atoms with van der Waals surface area (Å²) in [6.45, 7) is 2.25. The highest BCUT2D eigenvalue weighted by Gasteiger charge is 2.42. The predicted octanol–water partition coefficient (Wildman–Crippen LogP) is 7.93. The number of hydrogen-bond donors (Lipinski definition) is 1. The lowest BCUT2D eigenvalue weighted by Gasteiger charge is -2.39. The van der Waals surface area contributed by atoms with E-state index < -0.39 is 11.5 Å². The van der Waals surface area contributed by atoms with Crippen LogP contribution in [-0.4, -0.2) is 25.4 Å². The van der Waals surface area contributed by atoms with Gasteiger partial charge in [-0.25, -0.2) is 0 Å². The van der Waals surface area contributed by atoms with Gasteiger partial charge in [0.05, 0.1) is 25.7 Å². The zero-order chi connectivity index (χ0) is 24.9. The van der Waals surface area contributed by atoms with E-state index in [0.29, 0.717) is 6.42 Å². The first-order chi connectivity index (χ1) is 17.2. The van der Waals surface area contributed by atoms with Gasteiger partial charge in [0.15, 0.2) is 0 Å². The molecule has 35 heavy (non-hydrogen) atoms. The maximum absolute atomic E-state index is 11.5. The SMILES string of the molecule is CCCCCCCCCC(O)CC(c1ccccc1)(c1ccccc1OC)c1ccccc1OC. The van der Waals surface area contributed by atoms with Crippen LogP contribution in [0.25, 0.3) is 0 Å². The molecule has 0 amide bonds. The van der Waals surface area contributed by atoms with Crippen LogP contribution in [0.4, 0.5) is 0 Å². The number of para-hydroxylation sites is 2. The molecule has 0 saturated carbocycles. The van der Waals surface area contributed by atoms with E-state index in [1.807, 2.05) is 42.5 Å². The van der Waals surface area contributed by atoms with Gasteiger partial charge in [-0.05, 0) is 30.5 Å². The van der Waals surface area contributed by atoms with Crippen LogP contribution >= 0.6 is 0 Å². The fourth-order valence-corrected chi connectivity index (χ4v) is 5.30. The van der Waals surface area contributed by atoms with Gasteiger partial charge in [-0.2, -0.15) is 0 Å². The highest BCUT2D eigenvalue weighted by Crippen LogP contribution is 2.49. The lowest BCUT2D eigenvalue weighted by molar-refractivity contribution is 0.133. The minimum atomic E-state index is -0.624. The molecule has 0 bridgehead atoms. The minimum absolute atomic E-state index is 0.458. The molecule has 3 rings (SSSR count). The van der Waals surface area contributed by atoms with Crippen LogP contribution in [0.15, 0.2) is 78.9 Å². The zero-order valence-electron chi connectivity index (χ0n) is 21.7. The average molecular weight is 475 g/mol. The Balaban J connectivity index is 2.01. The summed E-state index contributed by atoms with van der Waals surface area (Å²) in [5.74, 6) is 1.62. The van der Waals surface area contributed by atoms with Crippen LogP contribution in [0.3, 0.4) is 0 Å². The Bertz CT molecular complexity index is 951. The number of methoxy groups -OCH3 is 2. The summed E-state index contributed by atoms with van der Waals surface area (Å²) in [5.41, 5.74) is 2.57. The van der Waals surface area contributed by atoms with Crippen molar-refractivity contribution < 1.29 is 14.6 Å². The fourth-order valence-electron chi connectivity index (χ4n) is 5.30. The number of aliphatic hydroxyl groups excluding tert-OH is 1. The lowest BCUT2D eigenvalue weighted by Crippen LogP contribution is -2.35. The van der Waals surface area contributed by atoms with Crippen LogP contribution in [0, 0.1) is 0 Å². The molecule has 1 atom stereocenters. The van der Waals surface area contributed by atoms with Gasteiger partial charge in [-0.15, -0.1) is 0 Å². The maximum Gasteiger partial charge on any atom is 0.123 e. The molecule has 3 aromatic rings. The van der Waals surface area contributed by atoms with Crippen LogP contribution in [0.5, 0.6) is 11.5 Å². The van der Waals surface area contributed by atoms with Crippen molar-refractivity contribution >= 4 is 0 Å². The van der Waals surface area contributed by atoms with Crippen molar-refractivity contribution in [2.75, 3.05) is 14.2 Å². The van der Waals surface area contributed by atoms with Crippen LogP contribution < -0.4 is 9.47 Å². The van der Waals surface area contributed by atoms with Crippen LogP contribution in [0.2, 0.25) is 0 Å². The van der Waals surface area contributed by atoms with Crippen molar-refractivity contribution in [3.63, 3.8) is 0 Å². The molecule has 3 aromatic carbocycles. The second kappa shape index (κ2) is 13.9. The smallest absolute Gasteiger partial charge is 0.123 e. The Morgan fingerprint density at radius 1 is 0.657 bits per heavy atom. The van der Waals surface area contributed by atoms with Crippen molar-refractivity contribution in [1.82, 2.24) is 0 Å². The molecule has 1 N–H and O–H groups in total. The standard InChI is InChI=1S/C32H42O3/c1-4-5-6-7-8-9-13-20-27(33)25-32(26-18-11-10-12-19-26,28-21-14-16-23-30(28)34-2)29-22-15-17-24-31(29)35-3/h10-12,14-19,21-24,27,33H,4-9,13,20,25H2,1-3H3. The van der Waals surface area contributed by atoms with E-state index in [1.54, 1.807) is 14.2 Å². The molecule has 0 fully saturated rings. The highest BCUT2D eigenvalue weighted by molar-refractivity contribution is 5.59. The first-order valence-electron chi connectivity index (χ1n) is 13.2. The summed E-state index contributed by atoms with van der Waals surface area (Å²) in [6, 6.07) is 26.8. The lowest BCUT2D eigenvalue weighted by atomic mass is 9.65. The van der Waals surface area contributed by atoms with Gasteiger partial charge >= 0.3 is 0 Å². The molecule has 0 aliphatic carbocycles. The molecule has 0 aliphatic heterocycles. The van der Waals surface area contributed by atoms with Crippen molar-refractivity contribution in [3.05, 3.63) is 95.6 Å². The topological polar surface area (TPSA) is 38.7 Å². The largest absolute Gasteiger partial charge is 0.496 e. The molecule has 3 nitrogen and oxygen atoms in total. The Morgan fingerprint density at radius 3 is 1.69 bits per heavy atom. The molecule has 0 aliphatic rings. The molecule has 188 valence electrons. The number of benzene rings is 3. The molecular formula is C32H42O3. The number of unbranched alkanes of at least 4 members (excludes halogenated alkanes) is 6. The summed E-state index contributed by atoms with van der Waals surface area (Å²) in [4.78, 5) is 0. The molecule has 0 heterocycles. The molecule has 3 heteroatoms. The van der Waals surface area contributed by atoms with Gasteiger partial charge in [0.1, 0.15) is 11.5 Å². The highest BCUT2D eigenvalue weighted by atomic mass is 16.5. The summed E-state index contributed by atoms with van der Waals surface area (Å²) in [6.07, 6.45) is 9.53. The van der Waals surface area contributed by atoms with E-state index >= 15 is 0 Å². The van der Waals surface area contributed by atoms with Gasteiger partial charge in [0.2, 0.25) is 0 Å². The molecule has 0 aromatic heterocycles. The van der Waals surface area contributed by atoms with Crippen LogP contribution in [-0.2, 0) is 5.41 Å². The van der Waals surface area contributed by atoms with Crippen molar-refractivity contribution in [2.45, 2.75) is 76.2 Å². The third-order valence-corrected chi connectivity index (χ3v) is 7.08. The zero-order valence-corrected chi connectivity index (χ0v) is 21.7. The Labute approximate surface area is 212 Å². The van der Waals surface area contributed by atoms with Gasteiger partial charge in [0.25, 0.3) is 0 Å². The Kier molecular flexibility index (Phi) is 10.7. The second-order valence-corrected chi connectivity index (χ2v) is 9.44. The Hall–Kier alpha value is -2.78. The van der Waals surface area contributed by atoms with Crippen molar-refractivity contribution in [1.29, 1.82) is 0 Å². The number of hydrogen-bond acceptors (Lipinski definition) is 3. The molecule has 1 unspecified atom stereocenters. The van der Waals surface area contributed by atoms with Gasteiger partial charge in [0, 0.05) is 11.1 Å². The summed E-state index contributed by atoms with van der Waals surface area (Å²) < 4.78 is 11.7. The summed E-state index contributed by atoms with van der Waals surface area (Å²) >= 11 is 0. The van der Waals surface area contributed by atoms with Crippen molar-refractivity contribution in [2.24, 2.45) is 0 Å². The monoisotopic (exact) mass is 474 g/mol. The number of ether oxygens (including phenoxy) is 2. The van der Waals surface area contributed by atoms with Gasteiger partial charge in [-0.1, -0.05) is 119 Å². The molecule has 0 spiro atoms. The quantitative estimate of drug-likeness (QED) is 0.179. The van der Waals surface area contributed by atoms with Gasteiger partial charge in [-0.3, -0.25) is 0 Å². The second-order valence-electron chi connectivity index (χ2n) is 9.44. The van der Waals surface area contributed by atoms with E-state index in [0.717, 1.165) is 41.0 Å². The van der Waals surface area contributed by atoms with E-state index in [-0.39, 0.29) is 0 Å². The number of rotatable bonds is 15. The average Bonchev–Trinajstić information content (AvgIpc) is 2.91. The van der Waals surface area contributed by atoms with E-state index in [9.17, 15) is 5.11 Å². The van der Waals surface area contributed by atoms with E-state index in [1.165, 1.54) is 38.5 Å². The molecule has 0 radical (unpaired) electrons. The minimum Gasteiger partial charge on any atom is -0.496 e. The van der Waals surface area contributed by atoms with Gasteiger partial charge < -0.3 is 14.6 Å². The molecule has 0 saturated heterocycles. The fraction of sp³-hybridized carbons (Fsp3) is 0.438. The first-order valence-corrected chi connectivity index (χ1v) is 13.2. The predicted molar refractivity (Wildman–Crippen MR) is 146 cm³/mol. The van der Waals surface area contributed by atoms with Crippen LogP contribution in [0.1, 0.15) is 81.4 Å². The summed E-state index contributed by atoms with van der Waals surface area (Å²) in [5, 5.41) is 11.5. The maximum atomic E-state index is 11.5. The normalized spacial score (nSPS) is 12.3. The summed E-state index contributed by atoms with van der Waals surface area (Å²) in [7, 11) is 3.43. The van der Waals surface area contributed by atoms with E-state index in [2.05, 4.69) is 43.3 Å². The molecular weight excluding hydrogens is 432 g/mol. The van der Waals surface area contributed by atoms with Crippen molar-refractivity contribution in [3.8, 4) is 11.5 Å². The number of aliphatic hydroxyl groups is 1. The first kappa shape index (κ1) is 26.8. The Morgan fingerprint density at radius 2 is 1.14 bits per heavy atom. The third kappa shape index (κ3) is 6.67. The van der Waals surface area contributed by atoms with E-state index in [4.69, 9.17) is 9.47 Å².